The van der Waals surface area contributed by atoms with Crippen LogP contribution in [0.2, 0.25) is 0 Å². The Morgan fingerprint density at radius 1 is 0.526 bits per heavy atom. The highest BCUT2D eigenvalue weighted by Gasteiger charge is 2.35. The summed E-state index contributed by atoms with van der Waals surface area (Å²) in [6.45, 7) is 1.69. The van der Waals surface area contributed by atoms with E-state index in [9.17, 15) is 5.26 Å². The van der Waals surface area contributed by atoms with Gasteiger partial charge in [-0.3, -0.25) is 0 Å². The van der Waals surface area contributed by atoms with E-state index in [2.05, 4.69) is 26.0 Å². The molecule has 0 aliphatic heterocycles. The Hall–Kier alpha value is -7.64. The van der Waals surface area contributed by atoms with Gasteiger partial charge < -0.3 is 9.13 Å². The van der Waals surface area contributed by atoms with Crippen molar-refractivity contribution in [3.63, 3.8) is 0 Å². The molecule has 0 N–H and O–H groups in total. The number of hydrogen-bond donors (Lipinski definition) is 0. The molecular weight excluding hydrogens is 720 g/mol. The lowest BCUT2D eigenvalue weighted by atomic mass is 9.91. The Balaban J connectivity index is 1.36. The summed E-state index contributed by atoms with van der Waals surface area (Å²) in [5.41, 5.74) is 5.66. The first-order valence-corrected chi connectivity index (χ1v) is 18.2. The van der Waals surface area contributed by atoms with Gasteiger partial charge in [0.15, 0.2) is 11.6 Å². The molecule has 0 spiro atoms. The quantitative estimate of drug-likeness (QED) is 0.175. The maximum atomic E-state index is 15.2. The van der Waals surface area contributed by atoms with Crippen LogP contribution in [0.25, 0.3) is 88.9 Å². The Bertz CT molecular complexity index is 3250. The summed E-state index contributed by atoms with van der Waals surface area (Å²) in [4.78, 5) is 17.9. The van der Waals surface area contributed by atoms with Crippen molar-refractivity contribution < 1.29 is 13.2 Å². The lowest BCUT2D eigenvalue weighted by molar-refractivity contribution is -0.137. The Kier molecular flexibility index (Phi) is 7.73. The van der Waals surface area contributed by atoms with Gasteiger partial charge in [-0.2, -0.15) is 18.4 Å². The van der Waals surface area contributed by atoms with Gasteiger partial charge in [-0.25, -0.2) is 19.9 Å². The van der Waals surface area contributed by atoms with E-state index in [-0.39, 0.29) is 11.1 Å². The van der Waals surface area contributed by atoms with E-state index >= 15 is 13.2 Å². The molecule has 0 amide bonds. The minimum Gasteiger partial charge on any atom is -0.309 e. The summed E-state index contributed by atoms with van der Waals surface area (Å²) >= 11 is 0. The van der Waals surface area contributed by atoms with Gasteiger partial charge in [0.05, 0.1) is 44.6 Å². The third kappa shape index (κ3) is 5.43. The van der Waals surface area contributed by atoms with Crippen LogP contribution in [0.15, 0.2) is 152 Å². The summed E-state index contributed by atoms with van der Waals surface area (Å²) in [5.74, 6) is 1.03. The van der Waals surface area contributed by atoms with Gasteiger partial charge in [0.25, 0.3) is 0 Å². The summed E-state index contributed by atoms with van der Waals surface area (Å²) in [6, 6.07) is 41.0. The molecule has 7 nitrogen and oxygen atoms in total. The number of nitrogens with zero attached hydrogens (tertiary/aromatic N) is 7. The van der Waals surface area contributed by atoms with Crippen molar-refractivity contribution in [2.75, 3.05) is 0 Å². The second-order valence-corrected chi connectivity index (χ2v) is 13.8. The fraction of sp³-hybridized carbons (Fsp3) is 0.0426. The number of hydrogen-bond acceptors (Lipinski definition) is 5. The van der Waals surface area contributed by atoms with Crippen molar-refractivity contribution in [3.05, 3.63) is 169 Å². The smallest absolute Gasteiger partial charge is 0.309 e. The van der Waals surface area contributed by atoms with Crippen LogP contribution in [-0.4, -0.2) is 29.1 Å². The van der Waals surface area contributed by atoms with Gasteiger partial charge in [0.1, 0.15) is 6.07 Å². The van der Waals surface area contributed by atoms with Crippen LogP contribution in [-0.2, 0) is 6.18 Å². The van der Waals surface area contributed by atoms with Crippen LogP contribution in [0.5, 0.6) is 0 Å². The summed E-state index contributed by atoms with van der Waals surface area (Å²) in [7, 11) is 0. The van der Waals surface area contributed by atoms with Crippen LogP contribution in [0.3, 0.4) is 0 Å². The lowest BCUT2D eigenvalue weighted by Crippen LogP contribution is -2.10. The van der Waals surface area contributed by atoms with Crippen molar-refractivity contribution in [2.45, 2.75) is 13.1 Å². The minimum absolute atomic E-state index is 0.0263. The molecule has 0 radical (unpaired) electrons. The molecule has 0 fully saturated rings. The summed E-state index contributed by atoms with van der Waals surface area (Å²) in [5, 5.41) is 14.7. The maximum Gasteiger partial charge on any atom is 0.417 e. The van der Waals surface area contributed by atoms with E-state index in [1.54, 1.807) is 62.0 Å². The molecule has 0 saturated carbocycles. The highest BCUT2D eigenvalue weighted by molar-refractivity contribution is 6.12. The van der Waals surface area contributed by atoms with Crippen molar-refractivity contribution in [1.82, 2.24) is 29.1 Å². The fourth-order valence-corrected chi connectivity index (χ4v) is 8.13. The van der Waals surface area contributed by atoms with Crippen LogP contribution >= 0.6 is 0 Å². The summed E-state index contributed by atoms with van der Waals surface area (Å²) < 4.78 is 49.5. The molecule has 0 saturated heterocycles. The van der Waals surface area contributed by atoms with Crippen molar-refractivity contribution in [1.29, 1.82) is 5.26 Å². The van der Waals surface area contributed by atoms with E-state index in [1.165, 1.54) is 6.07 Å². The zero-order valence-corrected chi connectivity index (χ0v) is 30.2. The average molecular weight is 748 g/mol. The second-order valence-electron chi connectivity index (χ2n) is 13.8. The molecule has 4 aromatic heterocycles. The molecule has 6 aromatic carbocycles. The largest absolute Gasteiger partial charge is 0.417 e. The first-order chi connectivity index (χ1) is 27.8. The van der Waals surface area contributed by atoms with Crippen molar-refractivity contribution >= 4 is 43.6 Å². The number of halogens is 3. The average Bonchev–Trinajstić information content (AvgIpc) is 3.75. The van der Waals surface area contributed by atoms with Crippen LogP contribution < -0.4 is 0 Å². The number of nitriles is 1. The number of para-hydroxylation sites is 2. The molecule has 0 atom stereocenters. The zero-order valence-electron chi connectivity index (χ0n) is 30.2. The van der Waals surface area contributed by atoms with Gasteiger partial charge in [0.2, 0.25) is 0 Å². The predicted octanol–water partition coefficient (Wildman–Crippen LogP) is 11.7. The molecule has 57 heavy (non-hydrogen) atoms. The number of fused-ring (bicyclic) bond motifs is 6. The van der Waals surface area contributed by atoms with Crippen LogP contribution in [0.1, 0.15) is 16.7 Å². The highest BCUT2D eigenvalue weighted by atomic mass is 19.4. The van der Waals surface area contributed by atoms with E-state index < -0.39 is 11.7 Å². The van der Waals surface area contributed by atoms with E-state index in [1.807, 2.05) is 94.1 Å². The highest BCUT2D eigenvalue weighted by Crippen LogP contribution is 2.46. The third-order valence-corrected chi connectivity index (χ3v) is 10.6. The molecule has 4 heterocycles. The Labute approximate surface area is 323 Å². The van der Waals surface area contributed by atoms with Gasteiger partial charge in [0, 0.05) is 63.0 Å². The predicted molar refractivity (Wildman–Crippen MR) is 217 cm³/mol. The molecule has 0 aliphatic carbocycles. The normalized spacial score (nSPS) is 11.8. The number of benzene rings is 6. The molecule has 272 valence electrons. The monoisotopic (exact) mass is 747 g/mol. The number of aryl methyl sites for hydroxylation is 1. The molecule has 10 rings (SSSR count). The molecule has 0 bridgehead atoms. The summed E-state index contributed by atoms with van der Waals surface area (Å²) in [6.07, 6.45) is 2.00. The molecule has 10 aromatic rings. The fourth-order valence-electron chi connectivity index (χ4n) is 8.13. The molecule has 0 unspecified atom stereocenters. The lowest BCUT2D eigenvalue weighted by Gasteiger charge is -2.22. The molecule has 10 heteroatoms. The maximum absolute atomic E-state index is 15.2. The first kappa shape index (κ1) is 33.9. The standard InChI is InChI=1S/C47H28F3N7/c1-28-9-6-12-37(47(48,49)50)44(28)36-26-40(56-38-13-4-2-10-32(38)34-17-15-29(23-41(34)56)45-52-19-7-20-53-45)31(27-51)25-43(36)57-39-14-5-3-11-33(39)35-18-16-30(24-42(35)57)46-54-21-8-22-55-46/h2-26H,1H3. The molecule has 0 aliphatic rings. The van der Waals surface area contributed by atoms with Gasteiger partial charge in [-0.15, -0.1) is 0 Å². The van der Waals surface area contributed by atoms with Crippen molar-refractivity contribution in [2.24, 2.45) is 0 Å². The Morgan fingerprint density at radius 3 is 1.56 bits per heavy atom. The Morgan fingerprint density at radius 2 is 1.04 bits per heavy atom. The van der Waals surface area contributed by atoms with Gasteiger partial charge in [-0.05, 0) is 72.6 Å². The molecular formula is C47H28F3N7. The van der Waals surface area contributed by atoms with Crippen molar-refractivity contribution in [3.8, 4) is 51.3 Å². The number of aromatic nitrogens is 6. The second kappa shape index (κ2) is 13.0. The minimum atomic E-state index is -4.68. The SMILES string of the molecule is Cc1cccc(C(F)(F)F)c1-c1cc(-n2c3ccccc3c3ccc(-c4ncccn4)cc32)c(C#N)cc1-n1c2ccccc2c2ccc(-c3ncccn3)cc21. The third-order valence-electron chi connectivity index (χ3n) is 10.6. The number of rotatable bonds is 5. The topological polar surface area (TPSA) is 85.2 Å². The first-order valence-electron chi connectivity index (χ1n) is 18.2. The van der Waals surface area contributed by atoms with E-state index in [0.29, 0.717) is 34.2 Å². The van der Waals surface area contributed by atoms with Crippen LogP contribution in [0.4, 0.5) is 13.2 Å². The van der Waals surface area contributed by atoms with E-state index in [0.717, 1.165) is 60.8 Å². The van der Waals surface area contributed by atoms with Gasteiger partial charge >= 0.3 is 6.18 Å². The van der Waals surface area contributed by atoms with Crippen LogP contribution in [0, 0.1) is 18.3 Å². The van der Waals surface area contributed by atoms with E-state index in [4.69, 9.17) is 0 Å². The van der Waals surface area contributed by atoms with Gasteiger partial charge in [-0.1, -0.05) is 72.8 Å². The zero-order chi connectivity index (χ0) is 38.8. The number of alkyl halides is 3.